The monoisotopic (exact) mass is 280 g/mol. The van der Waals surface area contributed by atoms with Crippen LogP contribution in [0.15, 0.2) is 12.1 Å². The number of amides is 2. The van der Waals surface area contributed by atoms with Crippen molar-refractivity contribution in [3.05, 3.63) is 23.5 Å². The first-order valence-electron chi connectivity index (χ1n) is 6.29. The zero-order valence-electron chi connectivity index (χ0n) is 11.1. The maximum atomic E-state index is 14.0. The van der Waals surface area contributed by atoms with Crippen LogP contribution in [-0.2, 0) is 4.79 Å². The van der Waals surface area contributed by atoms with Crippen LogP contribution in [0.2, 0.25) is 0 Å². The number of carbonyl (C=O) groups is 2. The summed E-state index contributed by atoms with van der Waals surface area (Å²) in [6, 6.07) is 2.44. The van der Waals surface area contributed by atoms with Gasteiger partial charge < -0.3 is 21.7 Å². The van der Waals surface area contributed by atoms with Crippen LogP contribution in [0.3, 0.4) is 0 Å². The molecule has 2 amide bonds. The van der Waals surface area contributed by atoms with E-state index in [9.17, 15) is 14.0 Å². The summed E-state index contributed by atoms with van der Waals surface area (Å²) in [6.45, 7) is 2.51. The first kappa shape index (κ1) is 14.1. The Morgan fingerprint density at radius 1 is 1.45 bits per heavy atom. The fourth-order valence-corrected chi connectivity index (χ4v) is 2.42. The smallest absolute Gasteiger partial charge is 0.250 e. The van der Waals surface area contributed by atoms with Crippen LogP contribution in [0.25, 0.3) is 0 Å². The van der Waals surface area contributed by atoms with Crippen LogP contribution in [0.5, 0.6) is 0 Å². The molecule has 0 aromatic heterocycles. The Labute approximate surface area is 115 Å². The lowest BCUT2D eigenvalue weighted by atomic mass is 10.1. The van der Waals surface area contributed by atoms with Gasteiger partial charge in [0.2, 0.25) is 5.91 Å². The molecule has 0 spiro atoms. The minimum Gasteiger partial charge on any atom is -0.398 e. The third kappa shape index (κ3) is 2.81. The fraction of sp³-hybridized carbons (Fsp3) is 0.385. The first-order valence-corrected chi connectivity index (χ1v) is 6.29. The summed E-state index contributed by atoms with van der Waals surface area (Å²) >= 11 is 0. The topological polar surface area (TPSA) is 101 Å². The van der Waals surface area contributed by atoms with E-state index in [1.807, 2.05) is 0 Å². The summed E-state index contributed by atoms with van der Waals surface area (Å²) in [6.07, 6.45) is 0.718. The molecule has 1 heterocycles. The van der Waals surface area contributed by atoms with E-state index < -0.39 is 11.7 Å². The molecule has 0 bridgehead atoms. The van der Waals surface area contributed by atoms with Crippen LogP contribution < -0.4 is 21.7 Å². The summed E-state index contributed by atoms with van der Waals surface area (Å²) < 4.78 is 14.0. The summed E-state index contributed by atoms with van der Waals surface area (Å²) in [5.74, 6) is -1.32. The molecule has 6 nitrogen and oxygen atoms in total. The van der Waals surface area contributed by atoms with Gasteiger partial charge in [0.25, 0.3) is 5.91 Å². The fourth-order valence-electron chi connectivity index (χ4n) is 2.42. The van der Waals surface area contributed by atoms with Crippen molar-refractivity contribution in [2.24, 2.45) is 5.73 Å². The molecule has 1 aromatic carbocycles. The third-order valence-corrected chi connectivity index (χ3v) is 3.32. The molecule has 1 aromatic rings. The second kappa shape index (κ2) is 5.36. The van der Waals surface area contributed by atoms with Crippen molar-refractivity contribution >= 4 is 23.2 Å². The lowest BCUT2D eigenvalue weighted by molar-refractivity contribution is -0.119. The molecule has 5 N–H and O–H groups in total. The molecule has 1 aliphatic heterocycles. The number of carbonyl (C=O) groups excluding carboxylic acids is 2. The number of nitrogens with zero attached hydrogens (tertiary/aromatic N) is 1. The number of nitrogens with one attached hydrogen (secondary N) is 1. The number of primary amides is 1. The van der Waals surface area contributed by atoms with Gasteiger partial charge in [-0.3, -0.25) is 9.59 Å². The lowest BCUT2D eigenvalue weighted by Gasteiger charge is -2.20. The summed E-state index contributed by atoms with van der Waals surface area (Å²) in [4.78, 5) is 24.0. The van der Waals surface area contributed by atoms with Gasteiger partial charge in [0, 0.05) is 31.7 Å². The second-order valence-electron chi connectivity index (χ2n) is 4.89. The summed E-state index contributed by atoms with van der Waals surface area (Å²) in [5.41, 5.74) is 11.2. The van der Waals surface area contributed by atoms with Crippen LogP contribution >= 0.6 is 0 Å². The number of halogens is 1. The predicted molar refractivity (Wildman–Crippen MR) is 73.8 cm³/mol. The maximum absolute atomic E-state index is 14.0. The minimum absolute atomic E-state index is 0.0244. The predicted octanol–water partition coefficient (Wildman–Crippen LogP) is 0.222. The van der Waals surface area contributed by atoms with Crippen molar-refractivity contribution in [2.45, 2.75) is 19.4 Å². The van der Waals surface area contributed by atoms with Crippen molar-refractivity contribution in [1.82, 2.24) is 5.32 Å². The Hall–Kier alpha value is -2.31. The van der Waals surface area contributed by atoms with E-state index in [0.717, 1.165) is 12.5 Å². The van der Waals surface area contributed by atoms with Gasteiger partial charge in [0.15, 0.2) is 0 Å². The molecule has 1 atom stereocenters. The van der Waals surface area contributed by atoms with Gasteiger partial charge in [0.1, 0.15) is 5.82 Å². The van der Waals surface area contributed by atoms with Crippen molar-refractivity contribution in [3.8, 4) is 0 Å². The quantitative estimate of drug-likeness (QED) is 0.689. The van der Waals surface area contributed by atoms with Gasteiger partial charge in [-0.2, -0.15) is 0 Å². The molecular formula is C13H17FN4O2. The Morgan fingerprint density at radius 2 is 2.15 bits per heavy atom. The SMILES string of the molecule is CC(=O)NC1CCN(c2cc(C(N)=O)c(N)cc2F)C1. The number of nitrogens with two attached hydrogens (primary N) is 2. The number of anilines is 2. The third-order valence-electron chi connectivity index (χ3n) is 3.32. The Balaban J connectivity index is 2.23. The molecule has 0 aliphatic carbocycles. The zero-order chi connectivity index (χ0) is 14.9. The number of hydrogen-bond donors (Lipinski definition) is 3. The summed E-state index contributed by atoms with van der Waals surface area (Å²) in [7, 11) is 0. The van der Waals surface area contributed by atoms with Gasteiger partial charge >= 0.3 is 0 Å². The number of benzene rings is 1. The van der Waals surface area contributed by atoms with Gasteiger partial charge in [-0.1, -0.05) is 0 Å². The number of nitrogen functional groups attached to an aromatic ring is 1. The zero-order valence-corrected chi connectivity index (χ0v) is 11.1. The number of rotatable bonds is 3. The van der Waals surface area contributed by atoms with Gasteiger partial charge in [0.05, 0.1) is 11.3 Å². The minimum atomic E-state index is -0.693. The largest absolute Gasteiger partial charge is 0.398 e. The van der Waals surface area contributed by atoms with Crippen molar-refractivity contribution in [3.63, 3.8) is 0 Å². The molecule has 2 rings (SSSR count). The van der Waals surface area contributed by atoms with E-state index in [0.29, 0.717) is 13.1 Å². The summed E-state index contributed by atoms with van der Waals surface area (Å²) in [5, 5.41) is 2.79. The van der Waals surface area contributed by atoms with Crippen LogP contribution in [-0.4, -0.2) is 30.9 Å². The van der Waals surface area contributed by atoms with E-state index >= 15 is 0 Å². The van der Waals surface area contributed by atoms with Crippen molar-refractivity contribution in [2.75, 3.05) is 23.7 Å². The molecule has 1 aliphatic rings. The average molecular weight is 280 g/mol. The molecule has 0 saturated carbocycles. The number of hydrogen-bond acceptors (Lipinski definition) is 4. The highest BCUT2D eigenvalue weighted by Gasteiger charge is 2.26. The molecule has 1 unspecified atom stereocenters. The van der Waals surface area contributed by atoms with Gasteiger partial charge in [-0.05, 0) is 18.6 Å². The highest BCUT2D eigenvalue weighted by Crippen LogP contribution is 2.28. The first-order chi connectivity index (χ1) is 9.38. The molecule has 1 fully saturated rings. The Kier molecular flexibility index (Phi) is 3.78. The van der Waals surface area contributed by atoms with Gasteiger partial charge in [-0.15, -0.1) is 0 Å². The second-order valence-corrected chi connectivity index (χ2v) is 4.89. The van der Waals surface area contributed by atoms with Crippen LogP contribution in [0, 0.1) is 5.82 Å². The molecule has 20 heavy (non-hydrogen) atoms. The van der Waals surface area contributed by atoms with Crippen LogP contribution in [0.1, 0.15) is 23.7 Å². The van der Waals surface area contributed by atoms with E-state index in [4.69, 9.17) is 11.5 Å². The van der Waals surface area contributed by atoms with E-state index in [1.54, 1.807) is 4.90 Å². The van der Waals surface area contributed by atoms with Crippen molar-refractivity contribution in [1.29, 1.82) is 0 Å². The van der Waals surface area contributed by atoms with E-state index in [2.05, 4.69) is 5.32 Å². The average Bonchev–Trinajstić information content (AvgIpc) is 2.75. The molecule has 0 radical (unpaired) electrons. The van der Waals surface area contributed by atoms with Crippen LogP contribution in [0.4, 0.5) is 15.8 Å². The molecule has 108 valence electrons. The molecule has 7 heteroatoms. The maximum Gasteiger partial charge on any atom is 0.250 e. The highest BCUT2D eigenvalue weighted by molar-refractivity contribution is 5.99. The van der Waals surface area contributed by atoms with E-state index in [-0.39, 0.29) is 28.9 Å². The van der Waals surface area contributed by atoms with Gasteiger partial charge in [-0.25, -0.2) is 4.39 Å². The molecule has 1 saturated heterocycles. The Bertz CT molecular complexity index is 562. The molecular weight excluding hydrogens is 263 g/mol. The highest BCUT2D eigenvalue weighted by atomic mass is 19.1. The van der Waals surface area contributed by atoms with Crippen molar-refractivity contribution < 1.29 is 14.0 Å². The normalized spacial score (nSPS) is 18.1. The van der Waals surface area contributed by atoms with E-state index in [1.165, 1.54) is 13.0 Å². The standard InChI is InChI=1S/C13H17FN4O2/c1-7(19)17-8-2-3-18(6-8)12-4-9(13(16)20)11(15)5-10(12)14/h4-5,8H,2-3,6,15H2,1H3,(H2,16,20)(H,17,19). The Morgan fingerprint density at radius 3 is 2.75 bits per heavy atom. The lowest BCUT2D eigenvalue weighted by Crippen LogP contribution is -2.35.